The maximum Gasteiger partial charge on any atom is 0.265 e. The number of benzene rings is 1. The van der Waals surface area contributed by atoms with Crippen LogP contribution < -0.4 is 10.5 Å². The molecule has 0 fully saturated rings. The van der Waals surface area contributed by atoms with Crippen LogP contribution in [0.5, 0.6) is 0 Å². The van der Waals surface area contributed by atoms with Crippen molar-refractivity contribution < 1.29 is 12.8 Å². The second kappa shape index (κ2) is 6.07. The van der Waals surface area contributed by atoms with E-state index in [-0.39, 0.29) is 25.9 Å². The van der Waals surface area contributed by atoms with Crippen molar-refractivity contribution in [1.29, 1.82) is 0 Å². The zero-order chi connectivity index (χ0) is 15.8. The lowest BCUT2D eigenvalue weighted by atomic mass is 10.3. The van der Waals surface area contributed by atoms with Crippen molar-refractivity contribution in [3.05, 3.63) is 44.2 Å². The highest BCUT2D eigenvalue weighted by Crippen LogP contribution is 2.34. The summed E-state index contributed by atoms with van der Waals surface area (Å²) in [6.07, 6.45) is 1.37. The Morgan fingerprint density at radius 2 is 1.95 bits per heavy atom. The molecule has 0 saturated carbocycles. The van der Waals surface area contributed by atoms with Gasteiger partial charge in [-0.25, -0.2) is 17.8 Å². The fourth-order valence-corrected chi connectivity index (χ4v) is 4.25. The molecule has 0 aliphatic heterocycles. The second-order valence-electron chi connectivity index (χ2n) is 3.89. The molecule has 21 heavy (non-hydrogen) atoms. The number of nitrogens with zero attached hydrogens (tertiary/aromatic N) is 1. The van der Waals surface area contributed by atoms with Crippen molar-refractivity contribution in [3.8, 4) is 0 Å². The first-order valence-corrected chi connectivity index (χ1v) is 8.74. The van der Waals surface area contributed by atoms with Gasteiger partial charge in [0.25, 0.3) is 10.0 Å². The molecule has 2 rings (SSSR count). The van der Waals surface area contributed by atoms with Crippen LogP contribution in [0.25, 0.3) is 0 Å². The summed E-state index contributed by atoms with van der Waals surface area (Å²) in [6, 6.07) is 3.38. The van der Waals surface area contributed by atoms with E-state index in [1.807, 2.05) is 0 Å². The molecule has 0 atom stereocenters. The average molecular weight is 460 g/mol. The van der Waals surface area contributed by atoms with Gasteiger partial charge in [-0.05, 0) is 50.1 Å². The van der Waals surface area contributed by atoms with E-state index < -0.39 is 15.8 Å². The summed E-state index contributed by atoms with van der Waals surface area (Å²) in [5.74, 6) is -0.765. The number of rotatable bonds is 3. The smallest absolute Gasteiger partial charge is 0.265 e. The number of nitrogen functional groups attached to an aromatic ring is 1. The molecule has 0 spiro atoms. The first-order valence-electron chi connectivity index (χ1n) is 5.29. The van der Waals surface area contributed by atoms with Crippen molar-refractivity contribution in [2.75, 3.05) is 10.5 Å². The maximum atomic E-state index is 13.2. The van der Waals surface area contributed by atoms with E-state index in [4.69, 9.17) is 17.3 Å². The molecule has 3 N–H and O–H groups in total. The van der Waals surface area contributed by atoms with Gasteiger partial charge in [0, 0.05) is 15.1 Å². The Morgan fingerprint density at radius 1 is 1.29 bits per heavy atom. The van der Waals surface area contributed by atoms with Crippen molar-refractivity contribution in [1.82, 2.24) is 4.98 Å². The topological polar surface area (TPSA) is 85.1 Å². The van der Waals surface area contributed by atoms with Gasteiger partial charge in [-0.15, -0.1) is 0 Å². The summed E-state index contributed by atoms with van der Waals surface area (Å²) in [6.45, 7) is 0. The zero-order valence-corrected chi connectivity index (χ0v) is 14.8. The fourth-order valence-electron chi connectivity index (χ4n) is 1.48. The van der Waals surface area contributed by atoms with Crippen molar-refractivity contribution in [2.24, 2.45) is 0 Å². The molecule has 0 unspecified atom stereocenters. The first-order chi connectivity index (χ1) is 9.70. The van der Waals surface area contributed by atoms with Gasteiger partial charge < -0.3 is 5.73 Å². The Kier molecular flexibility index (Phi) is 4.76. The molecule has 0 aliphatic carbocycles. The Morgan fingerprint density at radius 3 is 2.57 bits per heavy atom. The minimum atomic E-state index is -4.03. The van der Waals surface area contributed by atoms with E-state index in [1.165, 1.54) is 12.3 Å². The van der Waals surface area contributed by atoms with Gasteiger partial charge in [0.2, 0.25) is 0 Å². The number of anilines is 2. The highest BCUT2D eigenvalue weighted by molar-refractivity contribution is 9.10. The van der Waals surface area contributed by atoms with Crippen LogP contribution >= 0.6 is 43.5 Å². The van der Waals surface area contributed by atoms with E-state index >= 15 is 0 Å². The third-order valence-corrected chi connectivity index (χ3v) is 5.12. The largest absolute Gasteiger partial charge is 0.383 e. The lowest BCUT2D eigenvalue weighted by Gasteiger charge is -2.12. The molecule has 2 aromatic rings. The van der Waals surface area contributed by atoms with Gasteiger partial charge in [0.05, 0.1) is 10.7 Å². The van der Waals surface area contributed by atoms with E-state index in [0.29, 0.717) is 4.47 Å². The van der Waals surface area contributed by atoms with E-state index in [9.17, 15) is 12.8 Å². The van der Waals surface area contributed by atoms with Crippen LogP contribution in [-0.2, 0) is 10.0 Å². The summed E-state index contributed by atoms with van der Waals surface area (Å²) >= 11 is 12.0. The SMILES string of the molecule is Nc1ncc(Br)cc1S(=O)(=O)Nc1c(Cl)cc(F)cc1Br. The molecule has 1 aromatic heterocycles. The normalized spacial score (nSPS) is 11.4. The van der Waals surface area contributed by atoms with Gasteiger partial charge in [-0.1, -0.05) is 11.6 Å². The standard InChI is InChI=1S/C11H7Br2ClFN3O2S/c12-5-1-9(11(16)17-4-5)21(19,20)18-10-7(13)2-6(15)3-8(10)14/h1-4,18H,(H2,16,17). The Hall–Kier alpha value is -0.900. The molecular formula is C11H7Br2ClFN3O2S. The summed E-state index contributed by atoms with van der Waals surface area (Å²) in [5, 5.41) is -0.0908. The molecule has 1 aromatic carbocycles. The number of aromatic nitrogens is 1. The molecule has 0 amide bonds. The summed E-state index contributed by atoms with van der Waals surface area (Å²) in [4.78, 5) is 3.53. The first kappa shape index (κ1) is 16.5. The minimum absolute atomic E-state index is 0.0115. The zero-order valence-electron chi connectivity index (χ0n) is 10.1. The Balaban J connectivity index is 2.50. The van der Waals surface area contributed by atoms with Crippen LogP contribution in [0.2, 0.25) is 5.02 Å². The van der Waals surface area contributed by atoms with Gasteiger partial charge in [-0.3, -0.25) is 4.72 Å². The van der Waals surface area contributed by atoms with Gasteiger partial charge in [-0.2, -0.15) is 0 Å². The number of nitrogens with two attached hydrogens (primary N) is 1. The lowest BCUT2D eigenvalue weighted by Crippen LogP contribution is -2.16. The average Bonchev–Trinajstić information content (AvgIpc) is 2.36. The molecule has 10 heteroatoms. The number of sulfonamides is 1. The van der Waals surface area contributed by atoms with E-state index in [1.54, 1.807) is 0 Å². The highest BCUT2D eigenvalue weighted by Gasteiger charge is 2.22. The second-order valence-corrected chi connectivity index (χ2v) is 7.71. The van der Waals surface area contributed by atoms with Crippen molar-refractivity contribution in [3.63, 3.8) is 0 Å². The molecule has 1 heterocycles. The maximum absolute atomic E-state index is 13.2. The number of hydrogen-bond acceptors (Lipinski definition) is 4. The molecule has 112 valence electrons. The molecule has 0 saturated heterocycles. The number of pyridine rings is 1. The van der Waals surface area contributed by atoms with Crippen LogP contribution in [-0.4, -0.2) is 13.4 Å². The summed E-state index contributed by atoms with van der Waals surface area (Å²) in [7, 11) is -4.03. The number of hydrogen-bond donors (Lipinski definition) is 2. The van der Waals surface area contributed by atoms with Crippen LogP contribution in [0.4, 0.5) is 15.9 Å². The van der Waals surface area contributed by atoms with Crippen LogP contribution in [0.15, 0.2) is 38.2 Å². The summed E-state index contributed by atoms with van der Waals surface area (Å²) in [5.41, 5.74) is 5.59. The van der Waals surface area contributed by atoms with E-state index in [2.05, 4.69) is 41.6 Å². The third-order valence-electron chi connectivity index (χ3n) is 2.38. The van der Waals surface area contributed by atoms with Crippen LogP contribution in [0, 0.1) is 5.82 Å². The molecule has 0 bridgehead atoms. The number of nitrogens with one attached hydrogen (secondary N) is 1. The van der Waals surface area contributed by atoms with Gasteiger partial charge >= 0.3 is 0 Å². The van der Waals surface area contributed by atoms with Crippen molar-refractivity contribution in [2.45, 2.75) is 4.90 Å². The molecule has 0 aliphatic rings. The minimum Gasteiger partial charge on any atom is -0.383 e. The van der Waals surface area contributed by atoms with Gasteiger partial charge in [0.15, 0.2) is 0 Å². The highest BCUT2D eigenvalue weighted by atomic mass is 79.9. The summed E-state index contributed by atoms with van der Waals surface area (Å²) < 4.78 is 40.7. The van der Waals surface area contributed by atoms with Crippen LogP contribution in [0.1, 0.15) is 0 Å². The van der Waals surface area contributed by atoms with Crippen LogP contribution in [0.3, 0.4) is 0 Å². The lowest BCUT2D eigenvalue weighted by molar-refractivity contribution is 0.601. The molecule has 5 nitrogen and oxygen atoms in total. The molecular weight excluding hydrogens is 452 g/mol. The van der Waals surface area contributed by atoms with Crippen molar-refractivity contribution >= 4 is 65.0 Å². The quantitative estimate of drug-likeness (QED) is 0.732. The van der Waals surface area contributed by atoms with E-state index in [0.717, 1.165) is 12.1 Å². The monoisotopic (exact) mass is 457 g/mol. The third kappa shape index (κ3) is 3.65. The number of halogens is 4. The Bertz CT molecular complexity index is 794. The fraction of sp³-hybridized carbons (Fsp3) is 0. The predicted molar refractivity (Wildman–Crippen MR) is 86.3 cm³/mol. The molecule has 0 radical (unpaired) electrons. The van der Waals surface area contributed by atoms with Gasteiger partial charge in [0.1, 0.15) is 16.5 Å². The predicted octanol–water partition coefficient (Wildman–Crippen LogP) is 3.78. The Labute approximate surface area is 142 Å².